The van der Waals surface area contributed by atoms with Crippen molar-refractivity contribution in [3.63, 3.8) is 0 Å². The number of halogens is 2. The smallest absolute Gasteiger partial charge is 0.163 e. The molecule has 2 aromatic heterocycles. The van der Waals surface area contributed by atoms with Gasteiger partial charge in [-0.25, -0.2) is 18.7 Å². The summed E-state index contributed by atoms with van der Waals surface area (Å²) in [7, 11) is 0. The highest BCUT2D eigenvalue weighted by molar-refractivity contribution is 5.94. The monoisotopic (exact) mass is 438 g/mol. The van der Waals surface area contributed by atoms with Crippen LogP contribution in [0, 0.1) is 11.6 Å². The second-order valence-electron chi connectivity index (χ2n) is 7.77. The molecule has 0 radical (unpaired) electrons. The third-order valence-electron chi connectivity index (χ3n) is 5.51. The number of anilines is 1. The van der Waals surface area contributed by atoms with Gasteiger partial charge in [-0.1, -0.05) is 36.4 Å². The van der Waals surface area contributed by atoms with Crippen LogP contribution in [0.4, 0.5) is 14.6 Å². The molecule has 162 valence electrons. The number of pyridine rings is 1. The van der Waals surface area contributed by atoms with Crippen molar-refractivity contribution in [2.45, 2.75) is 13.0 Å². The summed E-state index contributed by atoms with van der Waals surface area (Å²) in [4.78, 5) is 13.7. The maximum absolute atomic E-state index is 14.5. The summed E-state index contributed by atoms with van der Waals surface area (Å²) < 4.78 is 28.3. The number of hydrogen-bond donors (Lipinski definition) is 1. The summed E-state index contributed by atoms with van der Waals surface area (Å²) in [5, 5.41) is 4.19. The Morgan fingerprint density at radius 3 is 2.45 bits per heavy atom. The van der Waals surface area contributed by atoms with Crippen molar-refractivity contribution in [1.82, 2.24) is 15.0 Å². The van der Waals surface area contributed by atoms with Crippen molar-refractivity contribution >= 4 is 16.7 Å². The van der Waals surface area contributed by atoms with Gasteiger partial charge in [0.25, 0.3) is 0 Å². The quantitative estimate of drug-likeness (QED) is 0.327. The lowest BCUT2D eigenvalue weighted by atomic mass is 10.0. The fourth-order valence-corrected chi connectivity index (χ4v) is 3.78. The van der Waals surface area contributed by atoms with Crippen molar-refractivity contribution in [2.24, 2.45) is 0 Å². The first kappa shape index (κ1) is 20.7. The Labute approximate surface area is 190 Å². The van der Waals surface area contributed by atoms with Gasteiger partial charge in [0.15, 0.2) is 5.82 Å². The Morgan fingerprint density at radius 1 is 0.818 bits per heavy atom. The minimum Gasteiger partial charge on any atom is -0.363 e. The van der Waals surface area contributed by atoms with Crippen molar-refractivity contribution < 1.29 is 8.78 Å². The van der Waals surface area contributed by atoms with Crippen LogP contribution in [0.3, 0.4) is 0 Å². The van der Waals surface area contributed by atoms with Crippen molar-refractivity contribution in [3.8, 4) is 22.5 Å². The van der Waals surface area contributed by atoms with E-state index in [1.165, 1.54) is 6.07 Å². The number of benzene rings is 3. The second-order valence-corrected chi connectivity index (χ2v) is 7.77. The number of rotatable bonds is 5. The standard InChI is InChI=1S/C27H20F2N4/c1-17(18-6-3-2-4-7-18)31-27-23-14-19(22-15-21(28)10-11-24(22)29)9-12-25(23)32-26(33-27)20-8-5-13-30-16-20/h2-17H,1H3,(H,31,32,33). The summed E-state index contributed by atoms with van der Waals surface area (Å²) in [5.41, 5.74) is 3.31. The average Bonchev–Trinajstić information content (AvgIpc) is 2.86. The molecule has 0 amide bonds. The SMILES string of the molecule is CC(Nc1nc(-c2cccnc2)nc2ccc(-c3cc(F)ccc3F)cc12)c1ccccc1. The van der Waals surface area contributed by atoms with Gasteiger partial charge in [-0.2, -0.15) is 0 Å². The van der Waals surface area contributed by atoms with E-state index >= 15 is 0 Å². The predicted molar refractivity (Wildman–Crippen MR) is 127 cm³/mol. The molecule has 1 atom stereocenters. The van der Waals surface area contributed by atoms with Crippen molar-refractivity contribution in [1.29, 1.82) is 0 Å². The summed E-state index contributed by atoms with van der Waals surface area (Å²) >= 11 is 0. The molecule has 0 spiro atoms. The Kier molecular flexibility index (Phi) is 5.48. The first-order valence-electron chi connectivity index (χ1n) is 10.6. The molecule has 0 aliphatic heterocycles. The van der Waals surface area contributed by atoms with Gasteiger partial charge in [-0.15, -0.1) is 0 Å². The number of fused-ring (bicyclic) bond motifs is 1. The molecule has 0 bridgehead atoms. The molecule has 0 saturated carbocycles. The van der Waals surface area contributed by atoms with Gasteiger partial charge in [-0.05, 0) is 60.5 Å². The molecule has 1 N–H and O–H groups in total. The fourth-order valence-electron chi connectivity index (χ4n) is 3.78. The minimum absolute atomic E-state index is 0.0411. The predicted octanol–water partition coefficient (Wildman–Crippen LogP) is 6.81. The first-order valence-corrected chi connectivity index (χ1v) is 10.6. The van der Waals surface area contributed by atoms with Gasteiger partial charge in [-0.3, -0.25) is 4.98 Å². The number of aromatic nitrogens is 3. The van der Waals surface area contributed by atoms with Crippen molar-refractivity contribution in [2.75, 3.05) is 5.32 Å². The molecule has 6 heteroatoms. The van der Waals surface area contributed by atoms with Crippen LogP contribution in [0.1, 0.15) is 18.5 Å². The molecule has 5 rings (SSSR count). The molecular formula is C27H20F2N4. The summed E-state index contributed by atoms with van der Waals surface area (Å²) in [5.74, 6) is 0.151. The molecule has 0 aliphatic carbocycles. The number of hydrogen-bond acceptors (Lipinski definition) is 4. The van der Waals surface area contributed by atoms with E-state index in [2.05, 4.69) is 10.3 Å². The molecular weight excluding hydrogens is 418 g/mol. The van der Waals surface area contributed by atoms with Crippen LogP contribution in [0.5, 0.6) is 0 Å². The van der Waals surface area contributed by atoms with Crippen LogP contribution in [-0.2, 0) is 0 Å². The summed E-state index contributed by atoms with van der Waals surface area (Å²) in [6, 6.07) is 22.5. The van der Waals surface area contributed by atoms with E-state index in [1.54, 1.807) is 30.6 Å². The molecule has 3 aromatic carbocycles. The number of nitrogens with one attached hydrogen (secondary N) is 1. The first-order chi connectivity index (χ1) is 16.1. The Balaban J connectivity index is 1.66. The molecule has 0 saturated heterocycles. The minimum atomic E-state index is -0.495. The van der Waals surface area contributed by atoms with Gasteiger partial charge in [0, 0.05) is 34.9 Å². The molecule has 1 unspecified atom stereocenters. The number of nitrogens with zero attached hydrogens (tertiary/aromatic N) is 3. The zero-order valence-electron chi connectivity index (χ0n) is 17.8. The highest BCUT2D eigenvalue weighted by atomic mass is 19.1. The lowest BCUT2D eigenvalue weighted by molar-refractivity contribution is 0.603. The van der Waals surface area contributed by atoms with Gasteiger partial charge in [0.1, 0.15) is 17.5 Å². The van der Waals surface area contributed by atoms with Crippen LogP contribution in [-0.4, -0.2) is 15.0 Å². The highest BCUT2D eigenvalue weighted by Crippen LogP contribution is 2.32. The molecule has 2 heterocycles. The largest absolute Gasteiger partial charge is 0.363 e. The second kappa shape index (κ2) is 8.74. The maximum atomic E-state index is 14.5. The molecule has 0 fully saturated rings. The van der Waals surface area contributed by atoms with Crippen LogP contribution in [0.25, 0.3) is 33.4 Å². The fraction of sp³-hybridized carbons (Fsp3) is 0.0741. The van der Waals surface area contributed by atoms with Gasteiger partial charge < -0.3 is 5.32 Å². The zero-order valence-corrected chi connectivity index (χ0v) is 17.8. The van der Waals surface area contributed by atoms with E-state index in [9.17, 15) is 8.78 Å². The van der Waals surface area contributed by atoms with Crippen molar-refractivity contribution in [3.05, 3.63) is 108 Å². The van der Waals surface area contributed by atoms with Gasteiger partial charge in [0.05, 0.1) is 5.52 Å². The Morgan fingerprint density at radius 2 is 1.67 bits per heavy atom. The summed E-state index contributed by atoms with van der Waals surface area (Å²) in [6.45, 7) is 2.04. The van der Waals surface area contributed by atoms with Crippen LogP contribution >= 0.6 is 0 Å². The van der Waals surface area contributed by atoms with E-state index in [-0.39, 0.29) is 11.6 Å². The lowest BCUT2D eigenvalue weighted by Gasteiger charge is -2.18. The Bertz CT molecular complexity index is 1420. The van der Waals surface area contributed by atoms with Gasteiger partial charge >= 0.3 is 0 Å². The zero-order chi connectivity index (χ0) is 22.8. The topological polar surface area (TPSA) is 50.7 Å². The summed E-state index contributed by atoms with van der Waals surface area (Å²) in [6.07, 6.45) is 3.41. The maximum Gasteiger partial charge on any atom is 0.163 e. The van der Waals surface area contributed by atoms with Crippen LogP contribution in [0.15, 0.2) is 91.3 Å². The third-order valence-corrected chi connectivity index (χ3v) is 5.51. The highest BCUT2D eigenvalue weighted by Gasteiger charge is 2.15. The molecule has 33 heavy (non-hydrogen) atoms. The van der Waals surface area contributed by atoms with E-state index in [4.69, 9.17) is 9.97 Å². The van der Waals surface area contributed by atoms with Crippen LogP contribution < -0.4 is 5.32 Å². The lowest BCUT2D eigenvalue weighted by Crippen LogP contribution is -2.09. The Hall–Kier alpha value is -4.19. The average molecular weight is 438 g/mol. The van der Waals surface area contributed by atoms with E-state index in [0.29, 0.717) is 28.1 Å². The van der Waals surface area contributed by atoms with E-state index in [1.807, 2.05) is 49.4 Å². The molecule has 5 aromatic rings. The third kappa shape index (κ3) is 4.28. The normalized spacial score (nSPS) is 12.0. The van der Waals surface area contributed by atoms with E-state index < -0.39 is 11.6 Å². The molecule has 0 aliphatic rings. The molecule has 4 nitrogen and oxygen atoms in total. The van der Waals surface area contributed by atoms with E-state index in [0.717, 1.165) is 23.3 Å². The van der Waals surface area contributed by atoms with Gasteiger partial charge in [0.2, 0.25) is 0 Å². The van der Waals surface area contributed by atoms with Crippen LogP contribution in [0.2, 0.25) is 0 Å².